The molecule has 1 aliphatic rings. The van der Waals surface area contributed by atoms with E-state index in [0.29, 0.717) is 19.0 Å². The number of likely N-dealkylation sites (tertiary alicyclic amines) is 1. The Morgan fingerprint density at radius 3 is 2.76 bits per heavy atom. The molecule has 1 aromatic heterocycles. The smallest absolute Gasteiger partial charge is 0.322 e. The van der Waals surface area contributed by atoms with Gasteiger partial charge in [0.25, 0.3) is 0 Å². The van der Waals surface area contributed by atoms with Crippen molar-refractivity contribution >= 4 is 22.8 Å². The summed E-state index contributed by atoms with van der Waals surface area (Å²) in [5, 5.41) is 2.99. The molecule has 2 heterocycles. The molecule has 0 bridgehead atoms. The predicted octanol–water partition coefficient (Wildman–Crippen LogP) is 6.57. The summed E-state index contributed by atoms with van der Waals surface area (Å²) in [7, 11) is 0. The lowest BCUT2D eigenvalue weighted by Gasteiger charge is -2.22. The highest BCUT2D eigenvalue weighted by atomic mass is 16.5. The molecule has 6 nitrogen and oxygen atoms in total. The quantitative estimate of drug-likeness (QED) is 0.380. The van der Waals surface area contributed by atoms with Gasteiger partial charge in [-0.3, -0.25) is 0 Å². The molecule has 5 rings (SSSR count). The van der Waals surface area contributed by atoms with Gasteiger partial charge in [0, 0.05) is 12.2 Å². The van der Waals surface area contributed by atoms with Gasteiger partial charge in [0.15, 0.2) is 5.58 Å². The number of amides is 2. The topological polar surface area (TPSA) is 67.6 Å². The van der Waals surface area contributed by atoms with Gasteiger partial charge in [-0.25, -0.2) is 9.78 Å². The van der Waals surface area contributed by atoms with Crippen LogP contribution in [0, 0.1) is 6.92 Å². The highest BCUT2D eigenvalue weighted by Gasteiger charge is 2.33. The molecule has 1 saturated heterocycles. The van der Waals surface area contributed by atoms with Gasteiger partial charge in [-0.05, 0) is 79.8 Å². The van der Waals surface area contributed by atoms with E-state index in [1.165, 1.54) is 11.1 Å². The zero-order chi connectivity index (χ0) is 22.8. The van der Waals surface area contributed by atoms with Crippen LogP contribution in [-0.4, -0.2) is 29.1 Å². The number of rotatable bonds is 5. The van der Waals surface area contributed by atoms with Crippen molar-refractivity contribution < 1.29 is 13.9 Å². The van der Waals surface area contributed by atoms with Crippen LogP contribution in [0.3, 0.4) is 0 Å². The molecule has 0 aliphatic carbocycles. The third-order valence-electron chi connectivity index (χ3n) is 6.08. The third-order valence-corrected chi connectivity index (χ3v) is 6.08. The summed E-state index contributed by atoms with van der Waals surface area (Å²) in [6.45, 7) is 5.32. The number of aromatic nitrogens is 1. The molecule has 6 heteroatoms. The lowest BCUT2D eigenvalue weighted by molar-refractivity contribution is 0.199. The summed E-state index contributed by atoms with van der Waals surface area (Å²) in [6.07, 6.45) is 1.74. The van der Waals surface area contributed by atoms with Crippen LogP contribution in [0.5, 0.6) is 5.75 Å². The second kappa shape index (κ2) is 8.98. The minimum atomic E-state index is -0.179. The first-order chi connectivity index (χ1) is 16.1. The summed E-state index contributed by atoms with van der Waals surface area (Å²) in [4.78, 5) is 19.6. The van der Waals surface area contributed by atoms with E-state index < -0.39 is 0 Å². The van der Waals surface area contributed by atoms with Crippen molar-refractivity contribution in [2.45, 2.75) is 32.7 Å². The summed E-state index contributed by atoms with van der Waals surface area (Å²) < 4.78 is 11.6. The zero-order valence-electron chi connectivity index (χ0n) is 18.9. The van der Waals surface area contributed by atoms with Crippen LogP contribution in [0.4, 0.5) is 10.5 Å². The maximum absolute atomic E-state index is 13.0. The van der Waals surface area contributed by atoms with E-state index in [2.05, 4.69) is 36.5 Å². The second-order valence-corrected chi connectivity index (χ2v) is 8.29. The van der Waals surface area contributed by atoms with Crippen LogP contribution in [0.25, 0.3) is 22.2 Å². The van der Waals surface area contributed by atoms with E-state index in [-0.39, 0.29) is 12.1 Å². The van der Waals surface area contributed by atoms with Crippen LogP contribution in [0.2, 0.25) is 0 Å². The SMILES string of the molecule is CCOc1ccc(NC(=O)N2CCC[C@@H]2c2nc3cc(-c4ccccc4C)ccc3o2)cc1. The van der Waals surface area contributed by atoms with Gasteiger partial charge < -0.3 is 19.4 Å². The first-order valence-corrected chi connectivity index (χ1v) is 11.4. The molecular formula is C27H27N3O3. The molecule has 0 spiro atoms. The van der Waals surface area contributed by atoms with E-state index in [1.54, 1.807) is 0 Å². The summed E-state index contributed by atoms with van der Waals surface area (Å²) >= 11 is 0. The largest absolute Gasteiger partial charge is 0.494 e. The van der Waals surface area contributed by atoms with Crippen LogP contribution in [0.1, 0.15) is 37.3 Å². The molecule has 4 aromatic rings. The number of urea groups is 1. The summed E-state index contributed by atoms with van der Waals surface area (Å²) in [6, 6.07) is 21.5. The van der Waals surface area contributed by atoms with E-state index in [9.17, 15) is 4.79 Å². The van der Waals surface area contributed by atoms with Gasteiger partial charge in [-0.15, -0.1) is 0 Å². The minimum Gasteiger partial charge on any atom is -0.494 e. The summed E-state index contributed by atoms with van der Waals surface area (Å²) in [5.74, 6) is 1.37. The van der Waals surface area contributed by atoms with Gasteiger partial charge in [-0.2, -0.15) is 0 Å². The molecule has 0 saturated carbocycles. The fourth-order valence-electron chi connectivity index (χ4n) is 4.42. The molecule has 1 fully saturated rings. The van der Waals surface area contributed by atoms with Crippen molar-refractivity contribution in [3.05, 3.63) is 78.2 Å². The number of fused-ring (bicyclic) bond motifs is 1. The highest BCUT2D eigenvalue weighted by molar-refractivity contribution is 5.90. The Labute approximate surface area is 193 Å². The minimum absolute atomic E-state index is 0.149. The molecular weight excluding hydrogens is 414 g/mol. The second-order valence-electron chi connectivity index (χ2n) is 8.29. The van der Waals surface area contributed by atoms with Crippen molar-refractivity contribution in [3.63, 3.8) is 0 Å². The van der Waals surface area contributed by atoms with Gasteiger partial charge in [0.05, 0.1) is 6.61 Å². The number of benzene rings is 3. The van der Waals surface area contributed by atoms with Crippen LogP contribution < -0.4 is 10.1 Å². The van der Waals surface area contributed by atoms with Crippen LogP contribution >= 0.6 is 0 Å². The molecule has 1 atom stereocenters. The van der Waals surface area contributed by atoms with Crippen LogP contribution in [0.15, 0.2) is 71.1 Å². The Morgan fingerprint density at radius 1 is 1.15 bits per heavy atom. The number of oxazole rings is 1. The number of carbonyl (C=O) groups is 1. The van der Waals surface area contributed by atoms with Crippen molar-refractivity contribution in [2.75, 3.05) is 18.5 Å². The molecule has 33 heavy (non-hydrogen) atoms. The van der Waals surface area contributed by atoms with Crippen molar-refractivity contribution in [1.29, 1.82) is 0 Å². The number of anilines is 1. The van der Waals surface area contributed by atoms with Crippen molar-refractivity contribution in [1.82, 2.24) is 9.88 Å². The summed E-state index contributed by atoms with van der Waals surface area (Å²) in [5.41, 5.74) is 5.78. The predicted molar refractivity (Wildman–Crippen MR) is 129 cm³/mol. The maximum atomic E-state index is 13.0. The molecule has 168 valence electrons. The highest BCUT2D eigenvalue weighted by Crippen LogP contribution is 2.35. The molecule has 1 N–H and O–H groups in total. The number of ether oxygens (including phenoxy) is 1. The van der Waals surface area contributed by atoms with Gasteiger partial charge in [0.1, 0.15) is 17.3 Å². The number of hydrogen-bond acceptors (Lipinski definition) is 4. The lowest BCUT2D eigenvalue weighted by atomic mass is 10.0. The van der Waals surface area contributed by atoms with Gasteiger partial charge >= 0.3 is 6.03 Å². The Bertz CT molecular complexity index is 1280. The molecule has 1 aliphatic heterocycles. The Morgan fingerprint density at radius 2 is 1.97 bits per heavy atom. The fourth-order valence-corrected chi connectivity index (χ4v) is 4.42. The molecule has 3 aromatic carbocycles. The number of nitrogens with zero attached hydrogens (tertiary/aromatic N) is 2. The lowest BCUT2D eigenvalue weighted by Crippen LogP contribution is -2.34. The van der Waals surface area contributed by atoms with E-state index >= 15 is 0 Å². The molecule has 0 radical (unpaired) electrons. The van der Waals surface area contributed by atoms with Crippen molar-refractivity contribution in [3.8, 4) is 16.9 Å². The maximum Gasteiger partial charge on any atom is 0.322 e. The standard InChI is InChI=1S/C27H27N3O3/c1-3-32-21-13-11-20(12-14-21)28-27(31)30-16-6-9-24(30)26-29-23-17-19(10-15-25(23)33-26)22-8-5-4-7-18(22)2/h4-5,7-8,10-15,17,24H,3,6,9,16H2,1-2H3,(H,28,31)/t24-/m1/s1. The van der Waals surface area contributed by atoms with Gasteiger partial charge in [-0.1, -0.05) is 30.3 Å². The molecule has 0 unspecified atom stereocenters. The number of nitrogens with one attached hydrogen (secondary N) is 1. The van der Waals surface area contributed by atoms with E-state index in [1.807, 2.05) is 54.3 Å². The Balaban J connectivity index is 1.36. The van der Waals surface area contributed by atoms with Crippen LogP contribution in [-0.2, 0) is 0 Å². The number of aryl methyl sites for hydroxylation is 1. The van der Waals surface area contributed by atoms with Crippen molar-refractivity contribution in [2.24, 2.45) is 0 Å². The number of carbonyl (C=O) groups excluding carboxylic acids is 1. The Hall–Kier alpha value is -3.80. The van der Waals surface area contributed by atoms with Gasteiger partial charge in [0.2, 0.25) is 5.89 Å². The molecule has 2 amide bonds. The zero-order valence-corrected chi connectivity index (χ0v) is 18.9. The normalized spacial score (nSPS) is 15.7. The monoisotopic (exact) mass is 441 g/mol. The first-order valence-electron chi connectivity index (χ1n) is 11.4. The first kappa shape index (κ1) is 21.1. The fraction of sp³-hybridized carbons (Fsp3) is 0.259. The third kappa shape index (κ3) is 4.29. The Kier molecular flexibility index (Phi) is 5.73. The number of hydrogen-bond donors (Lipinski definition) is 1. The average Bonchev–Trinajstić information content (AvgIpc) is 3.47. The van der Waals surface area contributed by atoms with E-state index in [0.717, 1.165) is 40.9 Å². The van der Waals surface area contributed by atoms with E-state index in [4.69, 9.17) is 14.1 Å². The average molecular weight is 442 g/mol.